The average Bonchev–Trinajstić information content (AvgIpc) is 3.05. The minimum absolute atomic E-state index is 0.00263. The van der Waals surface area contributed by atoms with Crippen LogP contribution in [0.2, 0.25) is 0 Å². The van der Waals surface area contributed by atoms with Crippen LogP contribution in [0.3, 0.4) is 0 Å². The molecule has 7 nitrogen and oxygen atoms in total. The first-order chi connectivity index (χ1) is 14.7. The second kappa shape index (κ2) is 7.67. The lowest BCUT2D eigenvalue weighted by Crippen LogP contribution is -2.39. The van der Waals surface area contributed by atoms with E-state index in [0.29, 0.717) is 36.1 Å². The Labute approximate surface area is 184 Å². The molecule has 0 saturated carbocycles. The summed E-state index contributed by atoms with van der Waals surface area (Å²) < 4.78 is 0. The number of allylic oxidation sites excluding steroid dienone is 3. The van der Waals surface area contributed by atoms with Crippen molar-refractivity contribution in [2.75, 3.05) is 4.90 Å². The van der Waals surface area contributed by atoms with Crippen LogP contribution in [-0.2, 0) is 4.79 Å². The van der Waals surface area contributed by atoms with Crippen molar-refractivity contribution in [1.82, 2.24) is 0 Å². The van der Waals surface area contributed by atoms with Crippen molar-refractivity contribution in [3.8, 4) is 6.07 Å². The van der Waals surface area contributed by atoms with Gasteiger partial charge in [0.05, 0.1) is 28.2 Å². The zero-order valence-electron chi connectivity index (χ0n) is 17.6. The highest BCUT2D eigenvalue weighted by Gasteiger charge is 2.41. The van der Waals surface area contributed by atoms with Crippen molar-refractivity contribution in [2.24, 2.45) is 5.73 Å². The summed E-state index contributed by atoms with van der Waals surface area (Å²) in [6.07, 6.45) is 1.70. The third kappa shape index (κ3) is 3.31. The number of thiophene rings is 1. The van der Waals surface area contributed by atoms with E-state index in [4.69, 9.17) is 5.73 Å². The van der Waals surface area contributed by atoms with E-state index in [-0.39, 0.29) is 17.3 Å². The molecule has 2 aromatic rings. The van der Waals surface area contributed by atoms with Crippen molar-refractivity contribution >= 4 is 28.5 Å². The van der Waals surface area contributed by atoms with Crippen LogP contribution in [0.15, 0.2) is 46.9 Å². The topological polar surface area (TPSA) is 113 Å². The molecule has 0 bridgehead atoms. The first-order valence-corrected chi connectivity index (χ1v) is 10.8. The average molecular weight is 435 g/mol. The second-order valence-electron chi connectivity index (χ2n) is 7.91. The number of Topliss-reactive ketones (excluding diaryl/α,β-unsaturated/α-hetero) is 1. The zero-order chi connectivity index (χ0) is 22.4. The molecule has 0 amide bonds. The molecule has 4 rings (SSSR count). The van der Waals surface area contributed by atoms with E-state index >= 15 is 0 Å². The van der Waals surface area contributed by atoms with E-state index in [2.05, 4.69) is 6.07 Å². The maximum atomic E-state index is 13.2. The van der Waals surface area contributed by atoms with Crippen molar-refractivity contribution in [3.63, 3.8) is 0 Å². The number of anilines is 1. The number of nitriles is 1. The molecule has 1 aromatic heterocycles. The summed E-state index contributed by atoms with van der Waals surface area (Å²) in [6, 6.07) is 8.83. The predicted octanol–water partition coefficient (Wildman–Crippen LogP) is 4.89. The van der Waals surface area contributed by atoms with Crippen LogP contribution in [0.25, 0.3) is 0 Å². The molecule has 31 heavy (non-hydrogen) atoms. The summed E-state index contributed by atoms with van der Waals surface area (Å²) >= 11 is 1.63. The monoisotopic (exact) mass is 434 g/mol. The van der Waals surface area contributed by atoms with E-state index in [1.165, 1.54) is 12.1 Å². The van der Waals surface area contributed by atoms with E-state index in [1.54, 1.807) is 22.3 Å². The molecule has 0 saturated heterocycles. The van der Waals surface area contributed by atoms with Gasteiger partial charge >= 0.3 is 0 Å². The highest BCUT2D eigenvalue weighted by molar-refractivity contribution is 7.12. The molecule has 0 spiro atoms. The molecule has 1 aromatic carbocycles. The lowest BCUT2D eigenvalue weighted by atomic mass is 9.75. The Morgan fingerprint density at radius 1 is 1.26 bits per heavy atom. The van der Waals surface area contributed by atoms with Gasteiger partial charge < -0.3 is 5.73 Å². The standard InChI is InChI=1S/C23H22N4O3S/c1-12-7-8-15(27(29)30)10-19(12)26-18-5-4-6-20(28)22(18)21(17(11-24)23(26)25)16-9-13(2)31-14(16)3/h7-10,21H,4-6,25H2,1-3H3/t21-/m0/s1. The SMILES string of the molecule is Cc1cc([C@H]2C(C#N)=C(N)N(c3cc([N+](=O)[O-])ccc3C)C3=C2C(=O)CCC3)c(C)s1. The number of hydrogen-bond donors (Lipinski definition) is 1. The Morgan fingerprint density at radius 2 is 2.00 bits per heavy atom. The highest BCUT2D eigenvalue weighted by Crippen LogP contribution is 2.48. The fourth-order valence-electron chi connectivity index (χ4n) is 4.56. The second-order valence-corrected chi connectivity index (χ2v) is 9.37. The third-order valence-corrected chi connectivity index (χ3v) is 6.93. The lowest BCUT2D eigenvalue weighted by molar-refractivity contribution is -0.384. The van der Waals surface area contributed by atoms with E-state index < -0.39 is 10.8 Å². The molecule has 1 aliphatic heterocycles. The zero-order valence-corrected chi connectivity index (χ0v) is 18.4. The molecule has 2 aliphatic rings. The minimum Gasteiger partial charge on any atom is -0.384 e. The normalized spacial score (nSPS) is 18.8. The van der Waals surface area contributed by atoms with Crippen LogP contribution in [-0.4, -0.2) is 10.7 Å². The number of nitrogens with zero attached hydrogens (tertiary/aromatic N) is 3. The number of nitro groups is 1. The van der Waals surface area contributed by atoms with Crippen molar-refractivity contribution in [1.29, 1.82) is 5.26 Å². The smallest absolute Gasteiger partial charge is 0.271 e. The number of nitro benzene ring substituents is 1. The van der Waals surface area contributed by atoms with Gasteiger partial charge in [-0.3, -0.25) is 19.8 Å². The van der Waals surface area contributed by atoms with Gasteiger partial charge in [-0.1, -0.05) is 6.07 Å². The predicted molar refractivity (Wildman–Crippen MR) is 120 cm³/mol. The van der Waals surface area contributed by atoms with Crippen LogP contribution < -0.4 is 10.6 Å². The summed E-state index contributed by atoms with van der Waals surface area (Å²) in [5.41, 5.74) is 10.4. The van der Waals surface area contributed by atoms with E-state index in [1.807, 2.05) is 26.8 Å². The Kier molecular flexibility index (Phi) is 5.15. The van der Waals surface area contributed by atoms with Crippen LogP contribution in [0.4, 0.5) is 11.4 Å². The number of nitrogens with two attached hydrogens (primary N) is 1. The van der Waals surface area contributed by atoms with Crippen molar-refractivity contribution in [3.05, 3.63) is 77.9 Å². The molecule has 8 heteroatoms. The summed E-state index contributed by atoms with van der Waals surface area (Å²) in [5.74, 6) is -0.274. The number of carbonyl (C=O) groups excluding carboxylic acids is 1. The van der Waals surface area contributed by atoms with Gasteiger partial charge in [0, 0.05) is 39.6 Å². The van der Waals surface area contributed by atoms with Crippen LogP contribution in [0.1, 0.15) is 46.1 Å². The Hall–Kier alpha value is -3.44. The summed E-state index contributed by atoms with van der Waals surface area (Å²) in [5, 5.41) is 21.5. The number of hydrogen-bond acceptors (Lipinski definition) is 7. The van der Waals surface area contributed by atoms with Gasteiger partial charge in [-0.25, -0.2) is 0 Å². The Bertz CT molecular complexity index is 1230. The van der Waals surface area contributed by atoms with E-state index in [0.717, 1.165) is 26.6 Å². The quantitative estimate of drug-likeness (QED) is 0.544. The molecule has 1 aliphatic carbocycles. The molecular formula is C23H22N4O3S. The lowest BCUT2D eigenvalue weighted by Gasteiger charge is -2.40. The third-order valence-electron chi connectivity index (χ3n) is 5.95. The Balaban J connectivity index is 2.01. The first-order valence-electron chi connectivity index (χ1n) is 10.0. The minimum atomic E-state index is -0.506. The largest absolute Gasteiger partial charge is 0.384 e. The fourth-order valence-corrected chi connectivity index (χ4v) is 5.53. The van der Waals surface area contributed by atoms with E-state index in [9.17, 15) is 20.2 Å². The molecule has 158 valence electrons. The van der Waals surface area contributed by atoms with Crippen molar-refractivity contribution in [2.45, 2.75) is 46.0 Å². The maximum Gasteiger partial charge on any atom is 0.271 e. The first kappa shape index (κ1) is 20.8. The molecule has 1 atom stereocenters. The van der Waals surface area contributed by atoms with Crippen LogP contribution in [0.5, 0.6) is 0 Å². The molecule has 0 radical (unpaired) electrons. The van der Waals surface area contributed by atoms with Gasteiger partial charge in [0.15, 0.2) is 5.78 Å². The molecular weight excluding hydrogens is 412 g/mol. The van der Waals surface area contributed by atoms with Crippen molar-refractivity contribution < 1.29 is 9.72 Å². The summed E-state index contributed by atoms with van der Waals surface area (Å²) in [4.78, 5) is 27.9. The molecule has 0 fully saturated rings. The molecule has 2 N–H and O–H groups in total. The van der Waals surface area contributed by atoms with Gasteiger partial charge in [0.2, 0.25) is 0 Å². The summed E-state index contributed by atoms with van der Waals surface area (Å²) in [6.45, 7) is 5.82. The fraction of sp³-hybridized carbons (Fsp3) is 0.304. The van der Waals surface area contributed by atoms with Crippen LogP contribution in [0, 0.1) is 42.2 Å². The van der Waals surface area contributed by atoms with Crippen LogP contribution >= 0.6 is 11.3 Å². The molecule has 0 unspecified atom stereocenters. The number of non-ortho nitro benzene ring substituents is 1. The Morgan fingerprint density at radius 3 is 2.61 bits per heavy atom. The summed E-state index contributed by atoms with van der Waals surface area (Å²) in [7, 11) is 0. The van der Waals surface area contributed by atoms with Gasteiger partial charge in [-0.15, -0.1) is 11.3 Å². The van der Waals surface area contributed by atoms with Gasteiger partial charge in [0.25, 0.3) is 5.69 Å². The number of ketones is 1. The number of rotatable bonds is 3. The number of benzene rings is 1. The van der Waals surface area contributed by atoms with Gasteiger partial charge in [-0.05, 0) is 50.8 Å². The maximum absolute atomic E-state index is 13.2. The van der Waals surface area contributed by atoms with Gasteiger partial charge in [0.1, 0.15) is 5.82 Å². The van der Waals surface area contributed by atoms with Gasteiger partial charge in [-0.2, -0.15) is 5.26 Å². The number of carbonyl (C=O) groups is 1. The molecule has 2 heterocycles. The number of aryl methyl sites for hydroxylation is 3. The highest BCUT2D eigenvalue weighted by atomic mass is 32.1.